The molecular weight excluding hydrogens is 292 g/mol. The van der Waals surface area contributed by atoms with Gasteiger partial charge in [-0.05, 0) is 62.0 Å². The van der Waals surface area contributed by atoms with Gasteiger partial charge in [0.1, 0.15) is 6.33 Å². The second-order valence-corrected chi connectivity index (χ2v) is 6.88. The summed E-state index contributed by atoms with van der Waals surface area (Å²) in [7, 11) is 0. The molecule has 2 aromatic rings. The van der Waals surface area contributed by atoms with E-state index >= 15 is 0 Å². The highest BCUT2D eigenvalue weighted by Gasteiger charge is 2.17. The van der Waals surface area contributed by atoms with Gasteiger partial charge >= 0.3 is 0 Å². The van der Waals surface area contributed by atoms with Gasteiger partial charge in [0.15, 0.2) is 0 Å². The van der Waals surface area contributed by atoms with Crippen molar-refractivity contribution in [1.82, 2.24) is 19.2 Å². The highest BCUT2D eigenvalue weighted by Crippen LogP contribution is 2.18. The average Bonchev–Trinajstić information content (AvgIpc) is 2.85. The lowest BCUT2D eigenvalue weighted by atomic mass is 10.00. The Balaban J connectivity index is 1.83. The average molecular weight is 316 g/mol. The predicted molar refractivity (Wildman–Crippen MR) is 91.8 cm³/mol. The zero-order valence-corrected chi connectivity index (χ0v) is 14.4. The number of hydrogen-bond acceptors (Lipinski definition) is 3. The van der Waals surface area contributed by atoms with Crippen LogP contribution in [0.1, 0.15) is 30.9 Å². The molecule has 1 aromatic heterocycles. The van der Waals surface area contributed by atoms with E-state index in [1.165, 1.54) is 24.0 Å². The molecule has 1 fully saturated rings. The topological polar surface area (TPSA) is 26.0 Å². The van der Waals surface area contributed by atoms with Crippen molar-refractivity contribution in [3.05, 3.63) is 40.4 Å². The molecule has 0 atom stereocenters. The summed E-state index contributed by atoms with van der Waals surface area (Å²) in [4.78, 5) is 2.44. The van der Waals surface area contributed by atoms with Gasteiger partial charge in [0.2, 0.25) is 4.77 Å². The van der Waals surface area contributed by atoms with Crippen LogP contribution in [0, 0.1) is 24.5 Å². The first-order chi connectivity index (χ1) is 10.5. The fourth-order valence-corrected chi connectivity index (χ4v) is 3.22. The SMILES string of the molecule is Cc1ccc(C)c(-n2cnn(CN3CCC(C)CC3)c2=S)c1. The summed E-state index contributed by atoms with van der Waals surface area (Å²) < 4.78 is 4.73. The molecule has 0 unspecified atom stereocenters. The second kappa shape index (κ2) is 6.34. The van der Waals surface area contributed by atoms with Crippen molar-refractivity contribution in [2.45, 2.75) is 40.3 Å². The van der Waals surface area contributed by atoms with Crippen LogP contribution in [-0.4, -0.2) is 32.3 Å². The fourth-order valence-electron chi connectivity index (χ4n) is 2.97. The van der Waals surface area contributed by atoms with Crippen molar-refractivity contribution in [3.63, 3.8) is 0 Å². The van der Waals surface area contributed by atoms with E-state index in [-0.39, 0.29) is 0 Å². The van der Waals surface area contributed by atoms with E-state index in [1.54, 1.807) is 0 Å². The summed E-state index contributed by atoms with van der Waals surface area (Å²) in [5.74, 6) is 0.844. The van der Waals surface area contributed by atoms with E-state index in [1.807, 2.05) is 15.6 Å². The van der Waals surface area contributed by atoms with Gasteiger partial charge in [0.25, 0.3) is 0 Å². The van der Waals surface area contributed by atoms with Crippen molar-refractivity contribution in [2.75, 3.05) is 13.1 Å². The predicted octanol–water partition coefficient (Wildman–Crippen LogP) is 3.71. The van der Waals surface area contributed by atoms with Gasteiger partial charge in [-0.3, -0.25) is 9.47 Å². The van der Waals surface area contributed by atoms with Crippen LogP contribution in [0.25, 0.3) is 5.69 Å². The molecular formula is C17H24N4S. The van der Waals surface area contributed by atoms with Gasteiger partial charge in [-0.15, -0.1) is 0 Å². The Hall–Kier alpha value is -1.46. The number of hydrogen-bond donors (Lipinski definition) is 0. The molecule has 4 nitrogen and oxygen atoms in total. The zero-order valence-electron chi connectivity index (χ0n) is 13.6. The number of benzene rings is 1. The first-order valence-electron chi connectivity index (χ1n) is 7.99. The summed E-state index contributed by atoms with van der Waals surface area (Å²) in [5, 5.41) is 4.51. The molecule has 1 aliphatic heterocycles. The summed E-state index contributed by atoms with van der Waals surface area (Å²) in [6.45, 7) is 9.62. The van der Waals surface area contributed by atoms with Gasteiger partial charge in [0, 0.05) is 13.1 Å². The fraction of sp³-hybridized carbons (Fsp3) is 0.529. The molecule has 1 aromatic carbocycles. The van der Waals surface area contributed by atoms with Crippen molar-refractivity contribution in [3.8, 4) is 5.69 Å². The maximum atomic E-state index is 5.64. The number of nitrogens with zero attached hydrogens (tertiary/aromatic N) is 4. The van der Waals surface area contributed by atoms with Crippen LogP contribution in [0.3, 0.4) is 0 Å². The molecule has 0 aliphatic carbocycles. The highest BCUT2D eigenvalue weighted by atomic mass is 32.1. The molecule has 0 radical (unpaired) electrons. The lowest BCUT2D eigenvalue weighted by molar-refractivity contribution is 0.146. The summed E-state index contributed by atoms with van der Waals surface area (Å²) in [6.07, 6.45) is 4.38. The van der Waals surface area contributed by atoms with Crippen LogP contribution in [0.2, 0.25) is 0 Å². The van der Waals surface area contributed by atoms with Gasteiger partial charge in [-0.2, -0.15) is 5.10 Å². The number of likely N-dealkylation sites (tertiary alicyclic amines) is 1. The normalized spacial score (nSPS) is 17.0. The third kappa shape index (κ3) is 3.15. The molecule has 0 amide bonds. The van der Waals surface area contributed by atoms with Gasteiger partial charge in [-0.1, -0.05) is 19.1 Å². The molecule has 22 heavy (non-hydrogen) atoms. The van der Waals surface area contributed by atoms with Crippen LogP contribution in [0.15, 0.2) is 24.5 Å². The Labute approximate surface area is 137 Å². The quantitative estimate of drug-likeness (QED) is 0.807. The standard InChI is InChI=1S/C17H24N4S/c1-13-6-8-19(9-7-13)12-21-17(22)20(11-18-21)16-10-14(2)4-5-15(16)3/h4-5,10-11,13H,6-9,12H2,1-3H3. The molecule has 118 valence electrons. The second-order valence-electron chi connectivity index (χ2n) is 6.51. The lowest BCUT2D eigenvalue weighted by Gasteiger charge is -2.29. The Bertz CT molecular complexity index is 708. The number of piperidine rings is 1. The number of aromatic nitrogens is 3. The summed E-state index contributed by atoms with van der Waals surface area (Å²) in [6, 6.07) is 6.43. The van der Waals surface area contributed by atoms with E-state index in [4.69, 9.17) is 12.2 Å². The smallest absolute Gasteiger partial charge is 0.203 e. The minimum Gasteiger partial charge on any atom is -0.284 e. The van der Waals surface area contributed by atoms with E-state index in [0.717, 1.165) is 36.1 Å². The maximum absolute atomic E-state index is 5.64. The molecule has 0 N–H and O–H groups in total. The zero-order chi connectivity index (χ0) is 15.7. The van der Waals surface area contributed by atoms with Gasteiger partial charge in [0.05, 0.1) is 12.4 Å². The number of rotatable bonds is 3. The van der Waals surface area contributed by atoms with E-state index in [0.29, 0.717) is 0 Å². The van der Waals surface area contributed by atoms with Crippen LogP contribution in [-0.2, 0) is 6.67 Å². The van der Waals surface area contributed by atoms with E-state index in [2.05, 4.69) is 49.0 Å². The van der Waals surface area contributed by atoms with Crippen LogP contribution >= 0.6 is 12.2 Å². The van der Waals surface area contributed by atoms with Crippen LogP contribution < -0.4 is 0 Å². The van der Waals surface area contributed by atoms with E-state index in [9.17, 15) is 0 Å². The first kappa shape index (κ1) is 15.4. The Morgan fingerprint density at radius 2 is 1.95 bits per heavy atom. The van der Waals surface area contributed by atoms with Gasteiger partial charge in [-0.25, -0.2) is 4.68 Å². The van der Waals surface area contributed by atoms with Crippen molar-refractivity contribution >= 4 is 12.2 Å². The summed E-state index contributed by atoms with van der Waals surface area (Å²) >= 11 is 5.64. The summed E-state index contributed by atoms with van der Waals surface area (Å²) in [5.41, 5.74) is 3.58. The third-order valence-electron chi connectivity index (χ3n) is 4.57. The minimum absolute atomic E-state index is 0.771. The maximum Gasteiger partial charge on any atom is 0.203 e. The van der Waals surface area contributed by atoms with E-state index < -0.39 is 0 Å². The van der Waals surface area contributed by atoms with Crippen molar-refractivity contribution < 1.29 is 0 Å². The molecule has 2 heterocycles. The molecule has 0 saturated carbocycles. The third-order valence-corrected chi connectivity index (χ3v) is 4.98. The van der Waals surface area contributed by atoms with Gasteiger partial charge < -0.3 is 0 Å². The molecule has 0 bridgehead atoms. The molecule has 0 spiro atoms. The molecule has 5 heteroatoms. The highest BCUT2D eigenvalue weighted by molar-refractivity contribution is 7.71. The Morgan fingerprint density at radius 3 is 2.68 bits per heavy atom. The van der Waals surface area contributed by atoms with Crippen molar-refractivity contribution in [2.24, 2.45) is 5.92 Å². The molecule has 1 saturated heterocycles. The largest absolute Gasteiger partial charge is 0.284 e. The molecule has 1 aliphatic rings. The Kier molecular flexibility index (Phi) is 4.45. The molecule has 3 rings (SSSR count). The lowest BCUT2D eigenvalue weighted by Crippen LogP contribution is -2.34. The minimum atomic E-state index is 0.771. The van der Waals surface area contributed by atoms with Crippen molar-refractivity contribution in [1.29, 1.82) is 0 Å². The number of aryl methyl sites for hydroxylation is 2. The monoisotopic (exact) mass is 316 g/mol. The first-order valence-corrected chi connectivity index (χ1v) is 8.40. The Morgan fingerprint density at radius 1 is 1.23 bits per heavy atom. The van der Waals surface area contributed by atoms with Crippen LogP contribution in [0.5, 0.6) is 0 Å². The van der Waals surface area contributed by atoms with Crippen LogP contribution in [0.4, 0.5) is 0 Å².